The summed E-state index contributed by atoms with van der Waals surface area (Å²) < 4.78 is 30.5. The van der Waals surface area contributed by atoms with Crippen molar-refractivity contribution in [3.8, 4) is 23.3 Å². The van der Waals surface area contributed by atoms with E-state index >= 15 is 0 Å². The second-order valence-corrected chi connectivity index (χ2v) is 9.15. The molecule has 1 aromatic carbocycles. The highest BCUT2D eigenvalue weighted by Crippen LogP contribution is 2.38. The van der Waals surface area contributed by atoms with Gasteiger partial charge in [-0.1, -0.05) is 24.4 Å². The Hall–Kier alpha value is -2.70. The first kappa shape index (κ1) is 20.9. The van der Waals surface area contributed by atoms with Gasteiger partial charge in [0.05, 0.1) is 19.3 Å². The molecule has 33 heavy (non-hydrogen) atoms. The van der Waals surface area contributed by atoms with Crippen LogP contribution in [0.5, 0.6) is 23.3 Å². The van der Waals surface area contributed by atoms with E-state index in [0.717, 1.165) is 0 Å². The van der Waals surface area contributed by atoms with Gasteiger partial charge in [-0.3, -0.25) is 0 Å². The Balaban J connectivity index is 1.10. The van der Waals surface area contributed by atoms with Crippen LogP contribution in [0.2, 0.25) is 0 Å². The predicted octanol–water partition coefficient (Wildman–Crippen LogP) is 1.70. The molecule has 4 aliphatic rings. The van der Waals surface area contributed by atoms with Crippen molar-refractivity contribution < 1.29 is 23.7 Å². The van der Waals surface area contributed by atoms with Gasteiger partial charge < -0.3 is 34.3 Å². The molecule has 2 saturated heterocycles. The van der Waals surface area contributed by atoms with Crippen LogP contribution in [0, 0.1) is 0 Å². The van der Waals surface area contributed by atoms with Crippen LogP contribution >= 0.6 is 12.2 Å². The van der Waals surface area contributed by atoms with Crippen molar-refractivity contribution in [3.05, 3.63) is 18.2 Å². The molecule has 1 saturated carbocycles. The van der Waals surface area contributed by atoms with Crippen molar-refractivity contribution >= 4 is 17.3 Å². The molecule has 4 atom stereocenters. The average molecular weight is 475 g/mol. The standard InChI is InChI=1S/C21H26N6O5S/c33-20(22-12-4-2-1-3-5-12)23-14-9-28-19-15(10-29-18(14)19)27-21(24-25-26-27)32-13-6-7-16-17(8-13)31-11-30-16/h6-8,12,14-15,18-19H,1-5,9-11H2,(H2,22,23,33). The maximum atomic E-state index is 6.10. The van der Waals surface area contributed by atoms with Crippen molar-refractivity contribution in [3.63, 3.8) is 0 Å². The Labute approximate surface area is 196 Å². The summed E-state index contributed by atoms with van der Waals surface area (Å²) >= 11 is 5.56. The fourth-order valence-electron chi connectivity index (χ4n) is 4.96. The summed E-state index contributed by atoms with van der Waals surface area (Å²) in [6.45, 7) is 1.11. The Morgan fingerprint density at radius 3 is 2.79 bits per heavy atom. The number of thiocarbonyl (C=S) groups is 1. The summed E-state index contributed by atoms with van der Waals surface area (Å²) in [5, 5.41) is 19.5. The molecular formula is C21H26N6O5S. The largest absolute Gasteiger partial charge is 0.454 e. The van der Waals surface area contributed by atoms with Crippen LogP contribution in [0.1, 0.15) is 38.1 Å². The zero-order valence-corrected chi connectivity index (χ0v) is 18.8. The molecule has 6 rings (SSSR count). The number of nitrogens with one attached hydrogen (secondary N) is 2. The van der Waals surface area contributed by atoms with Gasteiger partial charge in [0.2, 0.25) is 6.79 Å². The van der Waals surface area contributed by atoms with E-state index in [-0.39, 0.29) is 37.1 Å². The van der Waals surface area contributed by atoms with Crippen molar-refractivity contribution in [2.75, 3.05) is 20.0 Å². The Bertz CT molecular complexity index is 1010. The highest BCUT2D eigenvalue weighted by molar-refractivity contribution is 7.80. The zero-order chi connectivity index (χ0) is 22.2. The number of fused-ring (bicyclic) bond motifs is 2. The van der Waals surface area contributed by atoms with Crippen LogP contribution in [-0.4, -0.2) is 69.6 Å². The van der Waals surface area contributed by atoms with Gasteiger partial charge in [-0.05, 0) is 47.6 Å². The molecule has 4 unspecified atom stereocenters. The molecule has 176 valence electrons. The second kappa shape index (κ2) is 8.92. The third-order valence-electron chi connectivity index (χ3n) is 6.61. The van der Waals surface area contributed by atoms with Crippen molar-refractivity contribution in [1.82, 2.24) is 30.8 Å². The number of nitrogens with zero attached hydrogens (tertiary/aromatic N) is 4. The Morgan fingerprint density at radius 1 is 1.03 bits per heavy atom. The first-order chi connectivity index (χ1) is 16.2. The SMILES string of the molecule is S=C(NC1CCCCC1)NC1COC2C1OCC2n1nnnc1Oc1ccc2c(c1)OCO2. The summed E-state index contributed by atoms with van der Waals surface area (Å²) in [4.78, 5) is 0. The first-order valence-electron chi connectivity index (χ1n) is 11.4. The highest BCUT2D eigenvalue weighted by Gasteiger charge is 2.50. The molecule has 11 nitrogen and oxygen atoms in total. The van der Waals surface area contributed by atoms with Gasteiger partial charge in [-0.15, -0.1) is 0 Å². The number of hydrogen-bond acceptors (Lipinski definition) is 9. The lowest BCUT2D eigenvalue weighted by atomic mass is 9.96. The summed E-state index contributed by atoms with van der Waals surface area (Å²) in [7, 11) is 0. The van der Waals surface area contributed by atoms with Crippen LogP contribution < -0.4 is 24.8 Å². The molecule has 4 heterocycles. The van der Waals surface area contributed by atoms with E-state index in [2.05, 4.69) is 26.2 Å². The molecule has 0 bridgehead atoms. The van der Waals surface area contributed by atoms with Crippen molar-refractivity contribution in [2.24, 2.45) is 0 Å². The van der Waals surface area contributed by atoms with Crippen LogP contribution in [0.25, 0.3) is 0 Å². The molecule has 12 heteroatoms. The Morgan fingerprint density at radius 2 is 1.88 bits per heavy atom. The number of tetrazole rings is 1. The molecule has 3 aliphatic heterocycles. The molecule has 0 amide bonds. The lowest BCUT2D eigenvalue weighted by molar-refractivity contribution is 0.0614. The van der Waals surface area contributed by atoms with Crippen LogP contribution in [0.3, 0.4) is 0 Å². The minimum atomic E-state index is -0.208. The fraction of sp³-hybridized carbons (Fsp3) is 0.619. The molecule has 3 fully saturated rings. The van der Waals surface area contributed by atoms with E-state index in [1.807, 2.05) is 0 Å². The van der Waals surface area contributed by atoms with Gasteiger partial charge in [0.25, 0.3) is 0 Å². The molecule has 2 aromatic rings. The minimum Gasteiger partial charge on any atom is -0.454 e. The Kier molecular flexibility index (Phi) is 5.64. The van der Waals surface area contributed by atoms with E-state index < -0.39 is 0 Å². The predicted molar refractivity (Wildman–Crippen MR) is 119 cm³/mol. The minimum absolute atomic E-state index is 0.0294. The third kappa shape index (κ3) is 4.18. The maximum absolute atomic E-state index is 6.10. The van der Waals surface area contributed by atoms with Gasteiger partial charge in [0.15, 0.2) is 16.6 Å². The van der Waals surface area contributed by atoms with Gasteiger partial charge in [0, 0.05) is 12.1 Å². The molecule has 2 N–H and O–H groups in total. The van der Waals surface area contributed by atoms with E-state index in [1.165, 1.54) is 32.1 Å². The molecule has 0 radical (unpaired) electrons. The summed E-state index contributed by atoms with van der Waals surface area (Å²) in [6.07, 6.45) is 5.80. The third-order valence-corrected chi connectivity index (χ3v) is 6.85. The number of hydrogen-bond donors (Lipinski definition) is 2. The van der Waals surface area contributed by atoms with Crippen LogP contribution in [0.4, 0.5) is 0 Å². The normalized spacial score (nSPS) is 28.5. The number of benzene rings is 1. The highest BCUT2D eigenvalue weighted by atomic mass is 32.1. The van der Waals surface area contributed by atoms with E-state index in [9.17, 15) is 0 Å². The zero-order valence-electron chi connectivity index (χ0n) is 18.0. The van der Waals surface area contributed by atoms with E-state index in [4.69, 9.17) is 35.9 Å². The quantitative estimate of drug-likeness (QED) is 0.617. The van der Waals surface area contributed by atoms with Crippen LogP contribution in [-0.2, 0) is 9.47 Å². The molecule has 1 aliphatic carbocycles. The van der Waals surface area contributed by atoms with Crippen molar-refractivity contribution in [2.45, 2.75) is 62.4 Å². The summed E-state index contributed by atoms with van der Waals surface area (Å²) in [6, 6.07) is 5.80. The summed E-state index contributed by atoms with van der Waals surface area (Å²) in [5.74, 6) is 1.86. The van der Waals surface area contributed by atoms with Gasteiger partial charge >= 0.3 is 6.01 Å². The fourth-order valence-corrected chi connectivity index (χ4v) is 5.28. The first-order valence-corrected chi connectivity index (χ1v) is 11.8. The molecule has 1 aromatic heterocycles. The van der Waals surface area contributed by atoms with Gasteiger partial charge in [-0.2, -0.15) is 4.68 Å². The van der Waals surface area contributed by atoms with E-state index in [0.29, 0.717) is 41.6 Å². The average Bonchev–Trinajstić information content (AvgIpc) is 3.60. The topological polar surface area (TPSA) is 114 Å². The smallest absolute Gasteiger partial charge is 0.341 e. The summed E-state index contributed by atoms with van der Waals surface area (Å²) in [5.41, 5.74) is 0. The maximum Gasteiger partial charge on any atom is 0.341 e. The number of rotatable bonds is 5. The lowest BCUT2D eigenvalue weighted by Gasteiger charge is -2.26. The number of ether oxygens (including phenoxy) is 5. The molecular weight excluding hydrogens is 448 g/mol. The second-order valence-electron chi connectivity index (χ2n) is 8.75. The van der Waals surface area contributed by atoms with E-state index in [1.54, 1.807) is 22.9 Å². The molecule has 0 spiro atoms. The lowest BCUT2D eigenvalue weighted by Crippen LogP contribution is -2.50. The van der Waals surface area contributed by atoms with Gasteiger partial charge in [0.1, 0.15) is 24.0 Å². The van der Waals surface area contributed by atoms with Crippen molar-refractivity contribution in [1.29, 1.82) is 0 Å². The number of aromatic nitrogens is 4. The monoisotopic (exact) mass is 474 g/mol. The van der Waals surface area contributed by atoms with Gasteiger partial charge in [-0.25, -0.2) is 0 Å². The van der Waals surface area contributed by atoms with Crippen LogP contribution in [0.15, 0.2) is 18.2 Å².